The summed E-state index contributed by atoms with van der Waals surface area (Å²) in [6.07, 6.45) is 2.38. The van der Waals surface area contributed by atoms with Gasteiger partial charge < -0.3 is 10.0 Å². The van der Waals surface area contributed by atoms with Crippen molar-refractivity contribution in [2.45, 2.75) is 26.7 Å². The lowest BCUT2D eigenvalue weighted by molar-refractivity contribution is 0.145. The summed E-state index contributed by atoms with van der Waals surface area (Å²) in [6.45, 7) is 8.16. The first kappa shape index (κ1) is 9.01. The van der Waals surface area contributed by atoms with Crippen LogP contribution in [0.2, 0.25) is 0 Å². The first-order valence-electron chi connectivity index (χ1n) is 4.53. The van der Waals surface area contributed by atoms with Crippen LogP contribution in [-0.4, -0.2) is 36.2 Å². The average Bonchev–Trinajstić information content (AvgIpc) is 2.35. The van der Waals surface area contributed by atoms with Gasteiger partial charge in [-0.25, -0.2) is 0 Å². The monoisotopic (exact) mass is 157 g/mol. The molecule has 2 heteroatoms. The van der Waals surface area contributed by atoms with Gasteiger partial charge in [0, 0.05) is 18.6 Å². The number of aliphatic hydroxyl groups excluding tert-OH is 1. The lowest BCUT2D eigenvalue weighted by Gasteiger charge is -2.21. The molecule has 11 heavy (non-hydrogen) atoms. The molecular weight excluding hydrogens is 138 g/mol. The van der Waals surface area contributed by atoms with E-state index in [-0.39, 0.29) is 5.41 Å². The summed E-state index contributed by atoms with van der Waals surface area (Å²) in [7, 11) is 0. The van der Waals surface area contributed by atoms with Crippen molar-refractivity contribution in [1.29, 1.82) is 0 Å². The van der Waals surface area contributed by atoms with Crippen molar-refractivity contribution in [3.63, 3.8) is 0 Å². The molecule has 1 unspecified atom stereocenters. The number of nitrogens with zero attached hydrogens (tertiary/aromatic N) is 1. The van der Waals surface area contributed by atoms with E-state index in [1.807, 2.05) is 0 Å². The first-order chi connectivity index (χ1) is 5.20. The predicted molar refractivity (Wildman–Crippen MR) is 46.5 cm³/mol. The van der Waals surface area contributed by atoms with E-state index in [9.17, 15) is 0 Å². The summed E-state index contributed by atoms with van der Waals surface area (Å²) >= 11 is 0. The van der Waals surface area contributed by atoms with E-state index < -0.39 is 0 Å². The Kier molecular flexibility index (Phi) is 2.90. The van der Waals surface area contributed by atoms with Crippen LogP contribution in [0.1, 0.15) is 26.7 Å². The third-order valence-corrected chi connectivity index (χ3v) is 2.56. The fourth-order valence-corrected chi connectivity index (χ4v) is 1.76. The molecule has 0 bridgehead atoms. The molecular formula is C9H19NO. The van der Waals surface area contributed by atoms with Crippen molar-refractivity contribution in [2.24, 2.45) is 5.41 Å². The van der Waals surface area contributed by atoms with Gasteiger partial charge in [-0.15, -0.1) is 0 Å². The smallest absolute Gasteiger partial charge is 0.0497 e. The third-order valence-electron chi connectivity index (χ3n) is 2.56. The molecule has 0 radical (unpaired) electrons. The Morgan fingerprint density at radius 3 is 2.73 bits per heavy atom. The van der Waals surface area contributed by atoms with Gasteiger partial charge in [-0.1, -0.05) is 13.8 Å². The van der Waals surface area contributed by atoms with Crippen LogP contribution in [0, 0.1) is 5.41 Å². The van der Waals surface area contributed by atoms with Crippen LogP contribution >= 0.6 is 0 Å². The fraction of sp³-hybridized carbons (Fsp3) is 1.00. The molecule has 0 aromatic rings. The van der Waals surface area contributed by atoms with Crippen LogP contribution in [0.4, 0.5) is 0 Å². The molecule has 0 aliphatic carbocycles. The molecule has 1 fully saturated rings. The van der Waals surface area contributed by atoms with Gasteiger partial charge in [0.05, 0.1) is 0 Å². The van der Waals surface area contributed by atoms with Gasteiger partial charge in [0.2, 0.25) is 0 Å². The van der Waals surface area contributed by atoms with Crippen molar-refractivity contribution in [1.82, 2.24) is 4.90 Å². The van der Waals surface area contributed by atoms with E-state index in [2.05, 4.69) is 18.7 Å². The zero-order valence-corrected chi connectivity index (χ0v) is 7.64. The van der Waals surface area contributed by atoms with Gasteiger partial charge in [0.15, 0.2) is 0 Å². The zero-order valence-electron chi connectivity index (χ0n) is 7.64. The minimum Gasteiger partial charge on any atom is -0.396 e. The second-order valence-corrected chi connectivity index (χ2v) is 3.99. The molecule has 1 N–H and O–H groups in total. The van der Waals surface area contributed by atoms with Crippen molar-refractivity contribution in [2.75, 3.05) is 26.2 Å². The predicted octanol–water partition coefficient (Wildman–Crippen LogP) is 1.10. The van der Waals surface area contributed by atoms with Crippen molar-refractivity contribution < 1.29 is 5.11 Å². The summed E-state index contributed by atoms with van der Waals surface area (Å²) in [5.41, 5.74) is 0.190. The quantitative estimate of drug-likeness (QED) is 0.663. The van der Waals surface area contributed by atoms with Gasteiger partial charge in [-0.2, -0.15) is 0 Å². The van der Waals surface area contributed by atoms with Gasteiger partial charge in [0.25, 0.3) is 0 Å². The number of rotatable bonds is 3. The number of aliphatic hydroxyl groups is 1. The van der Waals surface area contributed by atoms with Crippen molar-refractivity contribution in [3.05, 3.63) is 0 Å². The van der Waals surface area contributed by atoms with Crippen LogP contribution in [0.5, 0.6) is 0 Å². The Hall–Kier alpha value is -0.0800. The van der Waals surface area contributed by atoms with E-state index in [1.54, 1.807) is 0 Å². The Morgan fingerprint density at radius 1 is 1.55 bits per heavy atom. The summed E-state index contributed by atoms with van der Waals surface area (Å²) in [5.74, 6) is 0. The summed E-state index contributed by atoms with van der Waals surface area (Å²) in [6, 6.07) is 0. The van der Waals surface area contributed by atoms with Crippen LogP contribution in [0.25, 0.3) is 0 Å². The molecule has 0 saturated carbocycles. The van der Waals surface area contributed by atoms with Gasteiger partial charge in [-0.05, 0) is 25.9 Å². The molecule has 0 amide bonds. The molecule has 0 spiro atoms. The lowest BCUT2D eigenvalue weighted by atomic mass is 9.91. The molecule has 1 aliphatic heterocycles. The second kappa shape index (κ2) is 3.55. The summed E-state index contributed by atoms with van der Waals surface area (Å²) in [5, 5.41) is 9.08. The van der Waals surface area contributed by atoms with Crippen LogP contribution in [0.15, 0.2) is 0 Å². The minimum atomic E-state index is 0.190. The van der Waals surface area contributed by atoms with Gasteiger partial charge in [0.1, 0.15) is 0 Å². The van der Waals surface area contributed by atoms with Crippen molar-refractivity contribution >= 4 is 0 Å². The lowest BCUT2D eigenvalue weighted by Crippen LogP contribution is -2.28. The number of hydrogen-bond donors (Lipinski definition) is 1. The molecule has 1 aliphatic rings. The Bertz CT molecular complexity index is 127. The van der Waals surface area contributed by atoms with Gasteiger partial charge in [-0.3, -0.25) is 0 Å². The molecule has 1 atom stereocenters. The Labute approximate surface area is 69.2 Å². The highest BCUT2D eigenvalue weighted by Gasteiger charge is 2.32. The topological polar surface area (TPSA) is 23.5 Å². The summed E-state index contributed by atoms with van der Waals surface area (Å²) in [4.78, 5) is 2.44. The maximum atomic E-state index is 9.08. The molecule has 1 saturated heterocycles. The number of hydrogen-bond acceptors (Lipinski definition) is 2. The first-order valence-corrected chi connectivity index (χ1v) is 4.53. The minimum absolute atomic E-state index is 0.190. The van der Waals surface area contributed by atoms with Crippen LogP contribution in [-0.2, 0) is 0 Å². The molecule has 0 aromatic carbocycles. The van der Waals surface area contributed by atoms with Crippen LogP contribution in [0.3, 0.4) is 0 Å². The van der Waals surface area contributed by atoms with Crippen molar-refractivity contribution in [3.8, 4) is 0 Å². The average molecular weight is 157 g/mol. The van der Waals surface area contributed by atoms with Crippen LogP contribution < -0.4 is 0 Å². The molecule has 1 heterocycles. The van der Waals surface area contributed by atoms with E-state index in [0.717, 1.165) is 13.0 Å². The van der Waals surface area contributed by atoms with E-state index in [1.165, 1.54) is 19.5 Å². The fourth-order valence-electron chi connectivity index (χ4n) is 1.76. The van der Waals surface area contributed by atoms with E-state index in [4.69, 9.17) is 5.11 Å². The normalized spacial score (nSPS) is 33.0. The van der Waals surface area contributed by atoms with Gasteiger partial charge >= 0.3 is 0 Å². The third kappa shape index (κ3) is 2.17. The Balaban J connectivity index is 2.33. The largest absolute Gasteiger partial charge is 0.396 e. The highest BCUT2D eigenvalue weighted by molar-refractivity contribution is 4.85. The van der Waals surface area contributed by atoms with E-state index >= 15 is 0 Å². The SMILES string of the molecule is CCCN1CCC(C)(CO)C1. The standard InChI is InChI=1S/C9H19NO/c1-3-5-10-6-4-9(2,7-10)8-11/h11H,3-8H2,1-2H3. The zero-order chi connectivity index (χ0) is 8.32. The maximum Gasteiger partial charge on any atom is 0.0497 e. The molecule has 0 aromatic heterocycles. The molecule has 66 valence electrons. The maximum absolute atomic E-state index is 9.08. The second-order valence-electron chi connectivity index (χ2n) is 3.99. The Morgan fingerprint density at radius 2 is 2.27 bits per heavy atom. The number of likely N-dealkylation sites (tertiary alicyclic amines) is 1. The van der Waals surface area contributed by atoms with E-state index in [0.29, 0.717) is 6.61 Å². The molecule has 1 rings (SSSR count). The highest BCUT2D eigenvalue weighted by Crippen LogP contribution is 2.28. The molecule has 2 nitrogen and oxygen atoms in total. The summed E-state index contributed by atoms with van der Waals surface area (Å²) < 4.78 is 0. The highest BCUT2D eigenvalue weighted by atomic mass is 16.3.